The van der Waals surface area contributed by atoms with Crippen LogP contribution in [0.4, 0.5) is 0 Å². The van der Waals surface area contributed by atoms with Crippen molar-refractivity contribution in [2.24, 2.45) is 4.99 Å². The van der Waals surface area contributed by atoms with E-state index in [1.54, 1.807) is 11.3 Å². The van der Waals surface area contributed by atoms with Crippen LogP contribution in [0.2, 0.25) is 0 Å². The molecule has 0 aliphatic carbocycles. The van der Waals surface area contributed by atoms with E-state index in [-0.39, 0.29) is 36.5 Å². The summed E-state index contributed by atoms with van der Waals surface area (Å²) in [5, 5.41) is 8.48. The Morgan fingerprint density at radius 2 is 2.09 bits per heavy atom. The average Bonchev–Trinajstić information content (AvgIpc) is 2.93. The van der Waals surface area contributed by atoms with Crippen molar-refractivity contribution in [2.75, 3.05) is 19.6 Å². The second-order valence-electron chi connectivity index (χ2n) is 6.08. The van der Waals surface area contributed by atoms with Gasteiger partial charge in [0.1, 0.15) is 12.1 Å². The van der Waals surface area contributed by atoms with Gasteiger partial charge in [0.15, 0.2) is 5.96 Å². The Morgan fingerprint density at radius 3 is 2.61 bits per heavy atom. The molecule has 1 atom stereocenters. The maximum absolute atomic E-state index is 11.7. The lowest BCUT2D eigenvalue weighted by Crippen LogP contribution is -2.39. The zero-order valence-electron chi connectivity index (χ0n) is 14.5. The molecule has 5 nitrogen and oxygen atoms in total. The topological polar surface area (TPSA) is 62.7 Å². The Hall–Kier alpha value is -0.830. The van der Waals surface area contributed by atoms with Gasteiger partial charge in [-0.25, -0.2) is 4.99 Å². The number of guanidine groups is 1. The van der Waals surface area contributed by atoms with Crippen LogP contribution in [0.15, 0.2) is 22.5 Å². The Bertz CT molecular complexity index is 484. The van der Waals surface area contributed by atoms with Gasteiger partial charge in [-0.05, 0) is 39.1 Å². The summed E-state index contributed by atoms with van der Waals surface area (Å²) >= 11 is 1.75. The number of hydrogen-bond acceptors (Lipinski definition) is 4. The standard InChI is InChI=1S/C16H27N3O2S.HI/c1-6-17-15(19-11-14(20)21-16(3,4)5)18-10-12(2)13-8-7-9-22-13;/h7-9,12H,6,10-11H2,1-5H3,(H2,17,18,19);1H. The maximum atomic E-state index is 11.7. The van der Waals surface area contributed by atoms with Gasteiger partial charge in [-0.2, -0.15) is 0 Å². The van der Waals surface area contributed by atoms with E-state index in [1.807, 2.05) is 27.7 Å². The fraction of sp³-hybridized carbons (Fsp3) is 0.625. The number of carbonyl (C=O) groups is 1. The average molecular weight is 453 g/mol. The molecule has 0 saturated carbocycles. The van der Waals surface area contributed by atoms with Crippen molar-refractivity contribution in [3.8, 4) is 0 Å². The molecule has 0 aliphatic heterocycles. The van der Waals surface area contributed by atoms with Crippen molar-refractivity contribution in [1.29, 1.82) is 0 Å². The molecule has 2 N–H and O–H groups in total. The number of thiophene rings is 1. The van der Waals surface area contributed by atoms with Gasteiger partial charge in [0.25, 0.3) is 0 Å². The molecule has 1 unspecified atom stereocenters. The minimum absolute atomic E-state index is 0. The summed E-state index contributed by atoms with van der Waals surface area (Å²) in [6, 6.07) is 4.18. The minimum atomic E-state index is -0.480. The van der Waals surface area contributed by atoms with Gasteiger partial charge in [-0.15, -0.1) is 35.3 Å². The first-order valence-corrected chi connectivity index (χ1v) is 8.47. The van der Waals surface area contributed by atoms with E-state index in [4.69, 9.17) is 4.74 Å². The van der Waals surface area contributed by atoms with E-state index >= 15 is 0 Å². The second-order valence-corrected chi connectivity index (χ2v) is 7.06. The zero-order chi connectivity index (χ0) is 16.6. The fourth-order valence-electron chi connectivity index (χ4n) is 1.78. The lowest BCUT2D eigenvalue weighted by Gasteiger charge is -2.19. The molecule has 23 heavy (non-hydrogen) atoms. The molecule has 0 saturated heterocycles. The van der Waals surface area contributed by atoms with Crippen LogP contribution in [-0.2, 0) is 9.53 Å². The minimum Gasteiger partial charge on any atom is -0.459 e. The van der Waals surface area contributed by atoms with E-state index in [1.165, 1.54) is 4.88 Å². The molecule has 0 spiro atoms. The molecular formula is C16H28IN3O2S. The number of rotatable bonds is 6. The largest absolute Gasteiger partial charge is 0.459 e. The molecule has 132 valence electrons. The maximum Gasteiger partial charge on any atom is 0.328 e. The van der Waals surface area contributed by atoms with E-state index in [2.05, 4.69) is 40.1 Å². The predicted molar refractivity (Wildman–Crippen MR) is 108 cm³/mol. The van der Waals surface area contributed by atoms with E-state index in [0.717, 1.165) is 13.1 Å². The van der Waals surface area contributed by atoms with Gasteiger partial charge in [0.05, 0.1) is 0 Å². The van der Waals surface area contributed by atoms with Gasteiger partial charge in [0.2, 0.25) is 0 Å². The Labute approximate surface area is 160 Å². The van der Waals surface area contributed by atoms with Crippen LogP contribution in [0.3, 0.4) is 0 Å². The van der Waals surface area contributed by atoms with Crippen LogP contribution in [0.1, 0.15) is 45.4 Å². The van der Waals surface area contributed by atoms with Crippen LogP contribution >= 0.6 is 35.3 Å². The predicted octanol–water partition coefficient (Wildman–Crippen LogP) is 3.37. The lowest BCUT2D eigenvalue weighted by atomic mass is 10.1. The number of halogens is 1. The summed E-state index contributed by atoms with van der Waals surface area (Å²) in [5.41, 5.74) is -0.480. The van der Waals surface area contributed by atoms with E-state index in [9.17, 15) is 4.79 Å². The number of aliphatic imine (C=N–C) groups is 1. The van der Waals surface area contributed by atoms with Crippen molar-refractivity contribution >= 4 is 47.2 Å². The summed E-state index contributed by atoms with van der Waals surface area (Å²) in [7, 11) is 0. The molecule has 0 radical (unpaired) electrons. The van der Waals surface area contributed by atoms with Gasteiger partial charge >= 0.3 is 5.97 Å². The Kier molecular flexibility index (Phi) is 10.5. The highest BCUT2D eigenvalue weighted by atomic mass is 127. The summed E-state index contributed by atoms with van der Waals surface area (Å²) in [6.07, 6.45) is 0. The van der Waals surface area contributed by atoms with Crippen molar-refractivity contribution in [2.45, 2.75) is 46.1 Å². The number of carbonyl (C=O) groups excluding carboxylic acids is 1. The van der Waals surface area contributed by atoms with Crippen molar-refractivity contribution in [3.63, 3.8) is 0 Å². The first-order valence-electron chi connectivity index (χ1n) is 7.59. The zero-order valence-corrected chi connectivity index (χ0v) is 17.7. The highest BCUT2D eigenvalue weighted by Crippen LogP contribution is 2.19. The van der Waals surface area contributed by atoms with Crippen LogP contribution in [0.25, 0.3) is 0 Å². The quantitative estimate of drug-likeness (QED) is 0.300. The van der Waals surface area contributed by atoms with Crippen molar-refractivity contribution in [3.05, 3.63) is 22.4 Å². The SMILES string of the molecule is CCNC(=NCC(=O)OC(C)(C)C)NCC(C)c1cccs1.I. The van der Waals surface area contributed by atoms with E-state index in [0.29, 0.717) is 11.9 Å². The Balaban J connectivity index is 0.00000484. The number of nitrogens with zero attached hydrogens (tertiary/aromatic N) is 1. The van der Waals surface area contributed by atoms with Crippen LogP contribution in [-0.4, -0.2) is 37.2 Å². The van der Waals surface area contributed by atoms with Crippen LogP contribution in [0, 0.1) is 0 Å². The van der Waals surface area contributed by atoms with Crippen molar-refractivity contribution in [1.82, 2.24) is 10.6 Å². The molecule has 7 heteroatoms. The molecule has 1 aromatic rings. The van der Waals surface area contributed by atoms with Crippen molar-refractivity contribution < 1.29 is 9.53 Å². The molecule has 0 fully saturated rings. The number of ether oxygens (including phenoxy) is 1. The smallest absolute Gasteiger partial charge is 0.328 e. The van der Waals surface area contributed by atoms with Gasteiger partial charge < -0.3 is 15.4 Å². The highest BCUT2D eigenvalue weighted by molar-refractivity contribution is 14.0. The van der Waals surface area contributed by atoms with E-state index < -0.39 is 5.60 Å². The monoisotopic (exact) mass is 453 g/mol. The third-order valence-corrected chi connectivity index (χ3v) is 3.84. The summed E-state index contributed by atoms with van der Waals surface area (Å²) in [6.45, 7) is 11.2. The van der Waals surface area contributed by atoms with Gasteiger partial charge in [-0.3, -0.25) is 4.79 Å². The third kappa shape index (κ3) is 9.80. The first kappa shape index (κ1) is 22.2. The molecule has 1 heterocycles. The lowest BCUT2D eigenvalue weighted by molar-refractivity contribution is -0.152. The molecule has 1 aromatic heterocycles. The molecule has 0 aromatic carbocycles. The summed E-state index contributed by atoms with van der Waals surface area (Å²) in [5.74, 6) is 0.707. The molecule has 0 amide bonds. The number of nitrogens with one attached hydrogen (secondary N) is 2. The van der Waals surface area contributed by atoms with Crippen LogP contribution < -0.4 is 10.6 Å². The van der Waals surface area contributed by atoms with Gasteiger partial charge in [-0.1, -0.05) is 13.0 Å². The van der Waals surface area contributed by atoms with Crippen LogP contribution in [0.5, 0.6) is 0 Å². The summed E-state index contributed by atoms with van der Waals surface area (Å²) in [4.78, 5) is 17.3. The third-order valence-electron chi connectivity index (χ3n) is 2.74. The first-order chi connectivity index (χ1) is 10.3. The number of hydrogen-bond donors (Lipinski definition) is 2. The second kappa shape index (κ2) is 10.9. The summed E-state index contributed by atoms with van der Waals surface area (Å²) < 4.78 is 5.25. The normalized spacial score (nSPS) is 13.0. The molecule has 0 bridgehead atoms. The van der Waals surface area contributed by atoms with Gasteiger partial charge in [0, 0.05) is 23.9 Å². The molecule has 0 aliphatic rings. The number of esters is 1. The fourth-order valence-corrected chi connectivity index (χ4v) is 2.57. The molecular weight excluding hydrogens is 425 g/mol. The Morgan fingerprint density at radius 1 is 1.39 bits per heavy atom. The molecule has 1 rings (SSSR count). The highest BCUT2D eigenvalue weighted by Gasteiger charge is 2.16.